The van der Waals surface area contributed by atoms with Gasteiger partial charge >= 0.3 is 0 Å². The summed E-state index contributed by atoms with van der Waals surface area (Å²) in [6, 6.07) is 10.4. The molecule has 114 valence electrons. The first-order valence-electron chi connectivity index (χ1n) is 6.59. The second-order valence-electron chi connectivity index (χ2n) is 4.73. The van der Waals surface area contributed by atoms with E-state index in [1.165, 1.54) is 30.6 Å². The largest absolute Gasteiger partial charge is 0.545 e. The van der Waals surface area contributed by atoms with Gasteiger partial charge in [-0.2, -0.15) is 0 Å². The van der Waals surface area contributed by atoms with Crippen molar-refractivity contribution in [2.24, 2.45) is 0 Å². The van der Waals surface area contributed by atoms with Gasteiger partial charge in [-0.15, -0.1) is 0 Å². The van der Waals surface area contributed by atoms with Crippen LogP contribution >= 0.6 is 0 Å². The van der Waals surface area contributed by atoms with Crippen LogP contribution in [0, 0.1) is 0 Å². The molecule has 1 heterocycles. The minimum Gasteiger partial charge on any atom is -0.545 e. The van der Waals surface area contributed by atoms with Crippen LogP contribution in [0.2, 0.25) is 0 Å². The van der Waals surface area contributed by atoms with Gasteiger partial charge in [0.25, 0.3) is 0 Å². The molecule has 0 radical (unpaired) electrons. The molecule has 7 nitrogen and oxygen atoms in total. The molecule has 3 aromatic rings. The van der Waals surface area contributed by atoms with Gasteiger partial charge in [-0.05, 0) is 35.4 Å². The number of carboxylic acid groups (broad SMARTS) is 2. The Bertz CT molecular complexity index is 924. The highest BCUT2D eigenvalue weighted by molar-refractivity contribution is 5.96. The van der Waals surface area contributed by atoms with Crippen molar-refractivity contribution in [1.29, 1.82) is 0 Å². The fourth-order valence-corrected chi connectivity index (χ4v) is 2.14. The Balaban J connectivity index is 2.02. The Hall–Kier alpha value is -3.48. The predicted octanol–water partition coefficient (Wildman–Crippen LogP) is 0.100. The number of anilines is 2. The van der Waals surface area contributed by atoms with Crippen LogP contribution < -0.4 is 15.5 Å². The molecule has 0 atom stereocenters. The molecule has 0 bridgehead atoms. The summed E-state index contributed by atoms with van der Waals surface area (Å²) in [5, 5.41) is 25.4. The Morgan fingerprint density at radius 2 is 1.65 bits per heavy atom. The fourth-order valence-electron chi connectivity index (χ4n) is 2.14. The second-order valence-corrected chi connectivity index (χ2v) is 4.73. The van der Waals surface area contributed by atoms with E-state index in [2.05, 4.69) is 15.3 Å². The molecular formula is C16H9N3O4-2. The maximum atomic E-state index is 10.9. The third-order valence-corrected chi connectivity index (χ3v) is 3.23. The van der Waals surface area contributed by atoms with Crippen LogP contribution in [0.4, 0.5) is 11.5 Å². The SMILES string of the molecule is O=C([O-])c1cccc(Nc2ncnc3cc(C(=O)[O-])ccc23)c1. The predicted molar refractivity (Wildman–Crippen MR) is 77.9 cm³/mol. The maximum absolute atomic E-state index is 10.9. The van der Waals surface area contributed by atoms with E-state index in [1.54, 1.807) is 18.2 Å². The highest BCUT2D eigenvalue weighted by Crippen LogP contribution is 2.24. The van der Waals surface area contributed by atoms with Crippen molar-refractivity contribution in [3.8, 4) is 0 Å². The molecule has 2 aromatic carbocycles. The Morgan fingerprint density at radius 3 is 2.39 bits per heavy atom. The summed E-state index contributed by atoms with van der Waals surface area (Å²) in [4.78, 5) is 29.9. The maximum Gasteiger partial charge on any atom is 0.141 e. The Kier molecular flexibility index (Phi) is 3.60. The van der Waals surface area contributed by atoms with Crippen molar-refractivity contribution in [1.82, 2.24) is 9.97 Å². The van der Waals surface area contributed by atoms with Crippen LogP contribution in [0.25, 0.3) is 10.9 Å². The number of rotatable bonds is 4. The Morgan fingerprint density at radius 1 is 0.913 bits per heavy atom. The van der Waals surface area contributed by atoms with E-state index in [1.807, 2.05) is 0 Å². The van der Waals surface area contributed by atoms with Gasteiger partial charge in [-0.1, -0.05) is 18.2 Å². The lowest BCUT2D eigenvalue weighted by Crippen LogP contribution is -2.22. The normalized spacial score (nSPS) is 10.4. The van der Waals surface area contributed by atoms with E-state index in [0.29, 0.717) is 22.4 Å². The van der Waals surface area contributed by atoms with E-state index < -0.39 is 11.9 Å². The summed E-state index contributed by atoms with van der Waals surface area (Å²) >= 11 is 0. The average Bonchev–Trinajstić information content (AvgIpc) is 2.55. The molecule has 0 amide bonds. The number of benzene rings is 2. The van der Waals surface area contributed by atoms with Gasteiger partial charge in [-0.3, -0.25) is 0 Å². The minimum absolute atomic E-state index is 0.0149. The molecule has 0 spiro atoms. The highest BCUT2D eigenvalue weighted by atomic mass is 16.4. The third kappa shape index (κ3) is 2.93. The number of nitrogens with zero attached hydrogens (tertiary/aromatic N) is 2. The lowest BCUT2D eigenvalue weighted by atomic mass is 10.1. The van der Waals surface area contributed by atoms with Crippen LogP contribution in [-0.4, -0.2) is 21.9 Å². The first-order valence-corrected chi connectivity index (χ1v) is 6.59. The molecule has 0 saturated carbocycles. The van der Waals surface area contributed by atoms with Crippen LogP contribution in [0.15, 0.2) is 48.8 Å². The minimum atomic E-state index is -1.29. The number of carbonyl (C=O) groups excluding carboxylic acids is 2. The molecule has 0 aliphatic rings. The van der Waals surface area contributed by atoms with E-state index in [4.69, 9.17) is 0 Å². The number of hydrogen-bond donors (Lipinski definition) is 1. The number of carboxylic acids is 2. The molecule has 1 N–H and O–H groups in total. The van der Waals surface area contributed by atoms with Crippen molar-refractivity contribution >= 4 is 34.3 Å². The zero-order chi connectivity index (χ0) is 16.4. The molecule has 0 saturated heterocycles. The molecule has 0 aliphatic carbocycles. The number of carbonyl (C=O) groups is 2. The number of aromatic carboxylic acids is 2. The number of fused-ring (bicyclic) bond motifs is 1. The summed E-state index contributed by atoms with van der Waals surface area (Å²) in [5.41, 5.74) is 0.990. The van der Waals surface area contributed by atoms with E-state index in [9.17, 15) is 19.8 Å². The van der Waals surface area contributed by atoms with E-state index in [-0.39, 0.29) is 11.1 Å². The quantitative estimate of drug-likeness (QED) is 0.726. The van der Waals surface area contributed by atoms with Gasteiger partial charge in [0.05, 0.1) is 17.5 Å². The molecule has 7 heteroatoms. The van der Waals surface area contributed by atoms with Gasteiger partial charge in [0.2, 0.25) is 0 Å². The highest BCUT2D eigenvalue weighted by Gasteiger charge is 2.06. The molecular weight excluding hydrogens is 298 g/mol. The fraction of sp³-hybridized carbons (Fsp3) is 0. The first kappa shape index (κ1) is 14.5. The molecule has 23 heavy (non-hydrogen) atoms. The number of aromatic nitrogens is 2. The topological polar surface area (TPSA) is 118 Å². The summed E-state index contributed by atoms with van der Waals surface area (Å²) in [5.74, 6) is -2.14. The van der Waals surface area contributed by atoms with Crippen molar-refractivity contribution < 1.29 is 19.8 Å². The molecule has 3 rings (SSSR count). The first-order chi connectivity index (χ1) is 11.0. The van der Waals surface area contributed by atoms with Gasteiger partial charge < -0.3 is 25.1 Å². The standard InChI is InChI=1S/C16H11N3O4/c20-15(21)9-2-1-3-11(6-9)19-14-12-5-4-10(16(22)23)7-13(12)17-8-18-14/h1-8H,(H,20,21)(H,22,23)(H,17,18,19)/p-2. The van der Waals surface area contributed by atoms with Crippen molar-refractivity contribution in [3.63, 3.8) is 0 Å². The summed E-state index contributed by atoms with van der Waals surface area (Å²) in [6.45, 7) is 0. The van der Waals surface area contributed by atoms with Gasteiger partial charge in [0.1, 0.15) is 12.1 Å². The molecule has 0 aliphatic heterocycles. The van der Waals surface area contributed by atoms with Gasteiger partial charge in [0.15, 0.2) is 0 Å². The van der Waals surface area contributed by atoms with Crippen molar-refractivity contribution in [3.05, 3.63) is 59.9 Å². The number of nitrogens with one attached hydrogen (secondary N) is 1. The van der Waals surface area contributed by atoms with Crippen molar-refractivity contribution in [2.45, 2.75) is 0 Å². The van der Waals surface area contributed by atoms with E-state index >= 15 is 0 Å². The Labute approximate surface area is 130 Å². The average molecular weight is 307 g/mol. The molecule has 0 fully saturated rings. The summed E-state index contributed by atoms with van der Waals surface area (Å²) in [6.07, 6.45) is 1.28. The summed E-state index contributed by atoms with van der Waals surface area (Å²) < 4.78 is 0. The van der Waals surface area contributed by atoms with Crippen LogP contribution in [0.3, 0.4) is 0 Å². The lowest BCUT2D eigenvalue weighted by Gasteiger charge is -2.11. The van der Waals surface area contributed by atoms with Crippen molar-refractivity contribution in [2.75, 3.05) is 5.32 Å². The third-order valence-electron chi connectivity index (χ3n) is 3.23. The number of hydrogen-bond acceptors (Lipinski definition) is 7. The second kappa shape index (κ2) is 5.72. The van der Waals surface area contributed by atoms with Gasteiger partial charge in [-0.25, -0.2) is 9.97 Å². The zero-order valence-electron chi connectivity index (χ0n) is 11.6. The van der Waals surface area contributed by atoms with Crippen LogP contribution in [-0.2, 0) is 0 Å². The summed E-state index contributed by atoms with van der Waals surface area (Å²) in [7, 11) is 0. The smallest absolute Gasteiger partial charge is 0.141 e. The van der Waals surface area contributed by atoms with Crippen LogP contribution in [0.1, 0.15) is 20.7 Å². The molecule has 0 unspecified atom stereocenters. The lowest BCUT2D eigenvalue weighted by molar-refractivity contribution is -0.256. The zero-order valence-corrected chi connectivity index (χ0v) is 11.6. The molecule has 1 aromatic heterocycles. The monoisotopic (exact) mass is 307 g/mol. The van der Waals surface area contributed by atoms with E-state index in [0.717, 1.165) is 0 Å². The van der Waals surface area contributed by atoms with Crippen LogP contribution in [0.5, 0.6) is 0 Å². The van der Waals surface area contributed by atoms with Gasteiger partial charge in [0, 0.05) is 11.1 Å².